The molecule has 13 heavy (non-hydrogen) atoms. The zero-order valence-corrected chi connectivity index (χ0v) is 9.19. The summed E-state index contributed by atoms with van der Waals surface area (Å²) in [6, 6.07) is -0.560. The molecule has 0 aromatic carbocycles. The molecule has 0 aromatic rings. The summed E-state index contributed by atoms with van der Waals surface area (Å²) < 4.78 is 4.90. The number of ether oxygens (including phenoxy) is 1. The fraction of sp³-hybridized carbons (Fsp3) is 0.875. The van der Waals surface area contributed by atoms with E-state index in [1.807, 2.05) is 6.26 Å². The smallest absolute Gasteiger partial charge is 0.324 e. The third-order valence-corrected chi connectivity index (χ3v) is 1.94. The first-order chi connectivity index (χ1) is 5.87. The highest BCUT2D eigenvalue weighted by Gasteiger charge is 2.21. The van der Waals surface area contributed by atoms with Crippen molar-refractivity contribution < 1.29 is 9.53 Å². The van der Waals surface area contributed by atoms with Crippen molar-refractivity contribution in [2.45, 2.75) is 32.0 Å². The minimum Gasteiger partial charge on any atom is -0.444 e. The normalized spacial score (nSPS) is 13.9. The van der Waals surface area contributed by atoms with Gasteiger partial charge < -0.3 is 10.5 Å². The molecule has 1 atom stereocenters. The quantitative estimate of drug-likeness (QED) is 0.500. The van der Waals surface area contributed by atoms with Crippen molar-refractivity contribution in [2.75, 3.05) is 12.0 Å². The van der Waals surface area contributed by atoms with Gasteiger partial charge in [-0.1, -0.05) is 0 Å². The van der Waals surface area contributed by atoms with Gasteiger partial charge in [-0.2, -0.15) is 11.8 Å². The van der Waals surface area contributed by atoms with Gasteiger partial charge in [0.05, 0.1) is 0 Å². The van der Waals surface area contributed by atoms with Crippen molar-refractivity contribution in [1.82, 2.24) is 0 Å². The van der Waals surface area contributed by atoms with Gasteiger partial charge in [-0.05, 0) is 32.3 Å². The van der Waals surface area contributed by atoms with E-state index in [-0.39, 0.29) is 0 Å². The average molecular weight is 206 g/mol. The first kappa shape index (κ1) is 12.7. The average Bonchev–Trinajstić information content (AvgIpc) is 1.96. The third-order valence-electron chi connectivity index (χ3n) is 1.30. The largest absolute Gasteiger partial charge is 0.444 e. The summed E-state index contributed by atoms with van der Waals surface area (Å²) in [7, 11) is 0. The lowest BCUT2D eigenvalue weighted by atomic mass is 10.2. The van der Waals surface area contributed by atoms with Crippen LogP contribution in [0.25, 0.3) is 0 Å². The Labute approximate surface area is 83.4 Å². The molecular formula is C8H18N2O2S. The van der Waals surface area contributed by atoms with Gasteiger partial charge in [0.25, 0.3) is 0 Å². The van der Waals surface area contributed by atoms with Gasteiger partial charge >= 0.3 is 5.97 Å². The minimum atomic E-state index is -0.936. The Kier molecular flexibility index (Phi) is 5.36. The van der Waals surface area contributed by atoms with E-state index in [0.29, 0.717) is 6.42 Å². The molecule has 0 aliphatic rings. The second-order valence-corrected chi connectivity index (χ2v) is 4.40. The van der Waals surface area contributed by atoms with Crippen molar-refractivity contribution in [3.8, 4) is 0 Å². The second kappa shape index (κ2) is 5.47. The summed E-state index contributed by atoms with van der Waals surface area (Å²) in [5, 5.41) is 0. The minimum absolute atomic E-state index is 0.429. The summed E-state index contributed by atoms with van der Waals surface area (Å²) in [5.41, 5.74) is 10.1. The molecule has 0 rings (SSSR count). The van der Waals surface area contributed by atoms with Crippen LogP contribution in [0.4, 0.5) is 0 Å². The van der Waals surface area contributed by atoms with Gasteiger partial charge in [-0.15, -0.1) is 0 Å². The number of carbonyl (C=O) groups is 1. The van der Waals surface area contributed by atoms with Gasteiger partial charge in [0.1, 0.15) is 6.04 Å². The lowest BCUT2D eigenvalue weighted by Crippen LogP contribution is -2.43. The Morgan fingerprint density at radius 3 is 2.54 bits per heavy atom. The zero-order valence-electron chi connectivity index (χ0n) is 8.37. The molecule has 0 spiro atoms. The summed E-state index contributed by atoms with van der Waals surface area (Å²) in [6.45, 7) is 3.23. The van der Waals surface area contributed by atoms with E-state index >= 15 is 0 Å². The van der Waals surface area contributed by atoms with Crippen molar-refractivity contribution in [2.24, 2.45) is 11.5 Å². The maximum atomic E-state index is 11.2. The van der Waals surface area contributed by atoms with E-state index in [9.17, 15) is 4.79 Å². The molecule has 0 fully saturated rings. The molecule has 0 bridgehead atoms. The zero-order chi connectivity index (χ0) is 10.5. The highest BCUT2D eigenvalue weighted by Crippen LogP contribution is 2.05. The molecule has 0 saturated carbocycles. The molecule has 0 aromatic heterocycles. The number of carbonyl (C=O) groups excluding carboxylic acids is 1. The Morgan fingerprint density at radius 2 is 2.15 bits per heavy atom. The number of rotatable bonds is 5. The molecule has 0 aliphatic heterocycles. The molecule has 4 nitrogen and oxygen atoms in total. The Bertz CT molecular complexity index is 168. The molecular weight excluding hydrogens is 188 g/mol. The van der Waals surface area contributed by atoms with E-state index in [2.05, 4.69) is 0 Å². The summed E-state index contributed by atoms with van der Waals surface area (Å²) in [6.07, 6.45) is 2.58. The Morgan fingerprint density at radius 1 is 1.62 bits per heavy atom. The molecule has 0 heterocycles. The van der Waals surface area contributed by atoms with Crippen LogP contribution in [-0.2, 0) is 9.53 Å². The molecule has 78 valence electrons. The molecule has 5 heteroatoms. The van der Waals surface area contributed by atoms with Crippen LogP contribution in [0.15, 0.2) is 0 Å². The maximum Gasteiger partial charge on any atom is 0.324 e. The van der Waals surface area contributed by atoms with Crippen molar-refractivity contribution in [1.29, 1.82) is 0 Å². The van der Waals surface area contributed by atoms with Crippen molar-refractivity contribution in [3.05, 3.63) is 0 Å². The number of hydrogen-bond donors (Lipinski definition) is 2. The highest BCUT2D eigenvalue weighted by molar-refractivity contribution is 7.98. The predicted octanol–water partition coefficient (Wildman–Crippen LogP) is 0.305. The first-order valence-corrected chi connectivity index (χ1v) is 5.52. The van der Waals surface area contributed by atoms with Crippen LogP contribution < -0.4 is 11.5 Å². The molecule has 0 saturated heterocycles. The van der Waals surface area contributed by atoms with E-state index in [4.69, 9.17) is 16.2 Å². The molecule has 0 radical (unpaired) electrons. The second-order valence-electron chi connectivity index (χ2n) is 3.41. The molecule has 0 aliphatic carbocycles. The fourth-order valence-corrected chi connectivity index (χ4v) is 1.19. The number of hydrogen-bond acceptors (Lipinski definition) is 5. The Hall–Kier alpha value is -0.260. The lowest BCUT2D eigenvalue weighted by Gasteiger charge is -2.21. The SMILES string of the molecule is CSCC[C@H](N)C(=O)OC(C)(C)N. The lowest BCUT2D eigenvalue weighted by molar-refractivity contribution is -0.157. The van der Waals surface area contributed by atoms with E-state index in [1.54, 1.807) is 25.6 Å². The van der Waals surface area contributed by atoms with Gasteiger partial charge in [-0.3, -0.25) is 10.5 Å². The number of thioether (sulfide) groups is 1. The van der Waals surface area contributed by atoms with Gasteiger partial charge in [-0.25, -0.2) is 0 Å². The molecule has 0 unspecified atom stereocenters. The van der Waals surface area contributed by atoms with E-state index < -0.39 is 17.7 Å². The third kappa shape index (κ3) is 6.86. The topological polar surface area (TPSA) is 78.3 Å². The fourth-order valence-electron chi connectivity index (χ4n) is 0.698. The standard InChI is InChI=1S/C8H18N2O2S/c1-8(2,10)12-7(11)6(9)4-5-13-3/h6H,4-5,9-10H2,1-3H3/t6-/m0/s1. The molecule has 0 amide bonds. The van der Waals surface area contributed by atoms with Crippen LogP contribution in [0.3, 0.4) is 0 Å². The van der Waals surface area contributed by atoms with Crippen molar-refractivity contribution in [3.63, 3.8) is 0 Å². The molecule has 4 N–H and O–H groups in total. The van der Waals surface area contributed by atoms with Crippen LogP contribution in [-0.4, -0.2) is 29.7 Å². The van der Waals surface area contributed by atoms with Crippen LogP contribution in [0.2, 0.25) is 0 Å². The van der Waals surface area contributed by atoms with Crippen LogP contribution in [0, 0.1) is 0 Å². The maximum absolute atomic E-state index is 11.2. The number of esters is 1. The van der Waals surface area contributed by atoms with Crippen LogP contribution in [0.1, 0.15) is 20.3 Å². The number of nitrogens with two attached hydrogens (primary N) is 2. The summed E-state index contributed by atoms with van der Waals surface area (Å²) in [4.78, 5) is 11.2. The highest BCUT2D eigenvalue weighted by atomic mass is 32.2. The first-order valence-electron chi connectivity index (χ1n) is 4.13. The van der Waals surface area contributed by atoms with Crippen molar-refractivity contribution >= 4 is 17.7 Å². The predicted molar refractivity (Wildman–Crippen MR) is 55.3 cm³/mol. The van der Waals surface area contributed by atoms with Gasteiger partial charge in [0.2, 0.25) is 0 Å². The van der Waals surface area contributed by atoms with E-state index in [0.717, 1.165) is 5.75 Å². The van der Waals surface area contributed by atoms with Gasteiger partial charge in [0, 0.05) is 0 Å². The monoisotopic (exact) mass is 206 g/mol. The summed E-state index contributed by atoms with van der Waals surface area (Å²) in [5.74, 6) is 0.419. The van der Waals surface area contributed by atoms with E-state index in [1.165, 1.54) is 0 Å². The Balaban J connectivity index is 3.83. The van der Waals surface area contributed by atoms with Crippen LogP contribution in [0.5, 0.6) is 0 Å². The summed E-state index contributed by atoms with van der Waals surface area (Å²) >= 11 is 1.65. The van der Waals surface area contributed by atoms with Crippen LogP contribution >= 0.6 is 11.8 Å². The van der Waals surface area contributed by atoms with Gasteiger partial charge in [0.15, 0.2) is 5.72 Å².